The summed E-state index contributed by atoms with van der Waals surface area (Å²) in [5.41, 5.74) is 3.73. The van der Waals surface area contributed by atoms with Gasteiger partial charge in [0, 0.05) is 5.41 Å². The summed E-state index contributed by atoms with van der Waals surface area (Å²) in [4.78, 5) is 0. The van der Waals surface area contributed by atoms with Gasteiger partial charge >= 0.3 is 0 Å². The van der Waals surface area contributed by atoms with E-state index in [2.05, 4.69) is 26.0 Å². The summed E-state index contributed by atoms with van der Waals surface area (Å²) in [6.07, 6.45) is 11.0. The molecule has 5 rings (SSSR count). The van der Waals surface area contributed by atoms with Crippen molar-refractivity contribution in [1.82, 2.24) is 0 Å². The molecule has 156 valence electrons. The maximum absolute atomic E-state index is 13.3. The molecule has 0 amide bonds. The van der Waals surface area contributed by atoms with Gasteiger partial charge in [-0.15, -0.1) is 0 Å². The molecular formula is C26H33FO2. The number of fused-ring (bicyclic) bond motifs is 5. The topological polar surface area (TPSA) is 40.5 Å². The number of aliphatic hydroxyl groups excluding tert-OH is 2. The van der Waals surface area contributed by atoms with Crippen LogP contribution in [0.15, 0.2) is 41.5 Å². The minimum Gasteiger partial charge on any atom is -0.393 e. The van der Waals surface area contributed by atoms with Crippen LogP contribution < -0.4 is 0 Å². The van der Waals surface area contributed by atoms with Crippen LogP contribution in [0.3, 0.4) is 0 Å². The quantitative estimate of drug-likeness (QED) is 0.615. The highest BCUT2D eigenvalue weighted by atomic mass is 19.1. The summed E-state index contributed by atoms with van der Waals surface area (Å²) < 4.78 is 13.3. The molecule has 0 aromatic heterocycles. The van der Waals surface area contributed by atoms with Crippen molar-refractivity contribution in [3.63, 3.8) is 0 Å². The number of hydrogen-bond acceptors (Lipinski definition) is 2. The van der Waals surface area contributed by atoms with Crippen LogP contribution in [0.25, 0.3) is 6.08 Å². The lowest BCUT2D eigenvalue weighted by atomic mass is 9.48. The van der Waals surface area contributed by atoms with E-state index < -0.39 is 6.10 Å². The van der Waals surface area contributed by atoms with Crippen LogP contribution in [0.2, 0.25) is 0 Å². The highest BCUT2D eigenvalue weighted by Gasteiger charge is 2.59. The Kier molecular flexibility index (Phi) is 4.56. The lowest BCUT2D eigenvalue weighted by Crippen LogP contribution is -2.51. The van der Waals surface area contributed by atoms with E-state index in [9.17, 15) is 14.6 Å². The molecule has 4 aliphatic carbocycles. The van der Waals surface area contributed by atoms with Gasteiger partial charge in [-0.1, -0.05) is 43.7 Å². The first-order chi connectivity index (χ1) is 13.8. The zero-order valence-electron chi connectivity index (χ0n) is 17.6. The van der Waals surface area contributed by atoms with E-state index in [0.29, 0.717) is 17.8 Å². The van der Waals surface area contributed by atoms with Gasteiger partial charge in [0.25, 0.3) is 0 Å². The van der Waals surface area contributed by atoms with Gasteiger partial charge in [-0.3, -0.25) is 0 Å². The Labute approximate surface area is 173 Å². The van der Waals surface area contributed by atoms with E-state index in [1.165, 1.54) is 24.1 Å². The molecule has 0 radical (unpaired) electrons. The smallest absolute Gasteiger partial charge is 0.123 e. The molecule has 4 aliphatic rings. The molecule has 0 saturated heterocycles. The summed E-state index contributed by atoms with van der Waals surface area (Å²) in [6.45, 7) is 4.72. The second kappa shape index (κ2) is 6.78. The minimum atomic E-state index is -0.412. The zero-order valence-corrected chi connectivity index (χ0v) is 17.6. The second-order valence-corrected chi connectivity index (χ2v) is 10.6. The lowest BCUT2D eigenvalue weighted by molar-refractivity contribution is -0.0685. The Morgan fingerprint density at radius 3 is 2.52 bits per heavy atom. The highest BCUT2D eigenvalue weighted by Crippen LogP contribution is 2.65. The van der Waals surface area contributed by atoms with Gasteiger partial charge in [0.05, 0.1) is 12.2 Å². The Hall–Kier alpha value is -1.45. The first-order valence-electron chi connectivity index (χ1n) is 11.3. The van der Waals surface area contributed by atoms with Gasteiger partial charge in [-0.2, -0.15) is 0 Å². The average Bonchev–Trinajstić information content (AvgIpc) is 2.95. The van der Waals surface area contributed by atoms with E-state index in [1.54, 1.807) is 12.1 Å². The normalized spacial score (nSPS) is 45.3. The van der Waals surface area contributed by atoms with E-state index >= 15 is 0 Å². The Balaban J connectivity index is 1.46. The summed E-state index contributed by atoms with van der Waals surface area (Å²) in [5, 5.41) is 21.5. The van der Waals surface area contributed by atoms with Crippen LogP contribution in [0.5, 0.6) is 0 Å². The van der Waals surface area contributed by atoms with Crippen LogP contribution in [-0.4, -0.2) is 22.4 Å². The third-order valence-electron chi connectivity index (χ3n) is 9.17. The first kappa shape index (κ1) is 19.5. The summed E-state index contributed by atoms with van der Waals surface area (Å²) in [5.74, 6) is 1.53. The predicted octanol–water partition coefficient (Wildman–Crippen LogP) is 5.50. The third kappa shape index (κ3) is 2.96. The summed E-state index contributed by atoms with van der Waals surface area (Å²) in [6, 6.07) is 6.58. The molecule has 29 heavy (non-hydrogen) atoms. The number of halogens is 1. The minimum absolute atomic E-state index is 0.0666. The van der Waals surface area contributed by atoms with Crippen LogP contribution >= 0.6 is 0 Å². The molecule has 3 heteroatoms. The van der Waals surface area contributed by atoms with E-state index in [-0.39, 0.29) is 22.8 Å². The van der Waals surface area contributed by atoms with Crippen molar-refractivity contribution in [2.45, 2.75) is 71.0 Å². The molecule has 1 aromatic rings. The molecule has 0 spiro atoms. The van der Waals surface area contributed by atoms with Crippen LogP contribution in [0, 0.1) is 34.4 Å². The summed E-state index contributed by atoms with van der Waals surface area (Å²) >= 11 is 0. The van der Waals surface area contributed by atoms with Crippen molar-refractivity contribution in [1.29, 1.82) is 0 Å². The van der Waals surface area contributed by atoms with Gasteiger partial charge in [-0.05, 0) is 91.4 Å². The Bertz CT molecular complexity index is 856. The van der Waals surface area contributed by atoms with Crippen LogP contribution in [-0.2, 0) is 0 Å². The molecule has 7 atom stereocenters. The van der Waals surface area contributed by atoms with Gasteiger partial charge in [-0.25, -0.2) is 4.39 Å². The van der Waals surface area contributed by atoms with Gasteiger partial charge in [0.1, 0.15) is 5.82 Å². The molecule has 3 fully saturated rings. The van der Waals surface area contributed by atoms with Crippen LogP contribution in [0.4, 0.5) is 4.39 Å². The van der Waals surface area contributed by atoms with Gasteiger partial charge in [0.2, 0.25) is 0 Å². The van der Waals surface area contributed by atoms with Gasteiger partial charge in [0.15, 0.2) is 0 Å². The monoisotopic (exact) mass is 396 g/mol. The van der Waals surface area contributed by atoms with Crippen molar-refractivity contribution < 1.29 is 14.6 Å². The summed E-state index contributed by atoms with van der Waals surface area (Å²) in [7, 11) is 0. The fourth-order valence-corrected chi connectivity index (χ4v) is 7.41. The maximum Gasteiger partial charge on any atom is 0.123 e. The van der Waals surface area contributed by atoms with Crippen molar-refractivity contribution in [2.24, 2.45) is 28.6 Å². The second-order valence-electron chi connectivity index (χ2n) is 10.6. The third-order valence-corrected chi connectivity index (χ3v) is 9.17. The lowest BCUT2D eigenvalue weighted by Gasteiger charge is -2.57. The van der Waals surface area contributed by atoms with Crippen molar-refractivity contribution in [3.8, 4) is 0 Å². The zero-order chi connectivity index (χ0) is 20.4. The molecule has 0 bridgehead atoms. The van der Waals surface area contributed by atoms with Crippen molar-refractivity contribution >= 4 is 6.08 Å². The molecular weight excluding hydrogens is 363 g/mol. The molecule has 2 N–H and O–H groups in total. The molecule has 2 nitrogen and oxygen atoms in total. The maximum atomic E-state index is 13.3. The molecule has 3 saturated carbocycles. The molecule has 0 unspecified atom stereocenters. The van der Waals surface area contributed by atoms with E-state index in [1.807, 2.05) is 0 Å². The number of rotatable bonds is 1. The fourth-order valence-electron chi connectivity index (χ4n) is 7.41. The van der Waals surface area contributed by atoms with Crippen molar-refractivity contribution in [2.75, 3.05) is 0 Å². The van der Waals surface area contributed by atoms with Crippen molar-refractivity contribution in [3.05, 3.63) is 52.9 Å². The average molecular weight is 397 g/mol. The number of benzene rings is 1. The molecule has 0 heterocycles. The first-order valence-corrected chi connectivity index (χ1v) is 11.3. The Morgan fingerprint density at radius 1 is 1.00 bits per heavy atom. The molecule has 1 aromatic carbocycles. The Morgan fingerprint density at radius 2 is 1.76 bits per heavy atom. The number of hydrogen-bond donors (Lipinski definition) is 2. The number of allylic oxidation sites excluding steroid dienone is 1. The largest absolute Gasteiger partial charge is 0.393 e. The highest BCUT2D eigenvalue weighted by molar-refractivity contribution is 5.55. The fraction of sp³-hybridized carbons (Fsp3) is 0.615. The predicted molar refractivity (Wildman–Crippen MR) is 113 cm³/mol. The standard InChI is InChI=1S/C26H33FO2/c1-25-11-9-20(28)15-18(25)5-8-21-22(25)10-12-26(2)23(21)14-17(24(26)29)13-16-3-6-19(27)7-4-16/h3-7,13,20-24,28-29H,8-12,14-15H2,1-2H3/b17-13-/t20-,21-,22+,23+,24-,25-,26-/m0/s1. The number of aliphatic hydroxyl groups is 2. The van der Waals surface area contributed by atoms with Gasteiger partial charge < -0.3 is 10.2 Å². The SMILES string of the molecule is C[C@]12CC[C@@H]3[C@H](CC=C4C[C@@H](O)CC[C@@]43C)[C@H]1C/C(=C/c1ccc(F)cc1)[C@@H]2O. The molecule has 0 aliphatic heterocycles. The van der Waals surface area contributed by atoms with E-state index in [0.717, 1.165) is 49.7 Å². The van der Waals surface area contributed by atoms with E-state index in [4.69, 9.17) is 0 Å². The van der Waals surface area contributed by atoms with Crippen LogP contribution in [0.1, 0.15) is 64.4 Å².